The number of thioether (sulfide) groups is 2. The van der Waals surface area contributed by atoms with E-state index in [0.717, 1.165) is 12.8 Å². The Hall–Kier alpha value is -1.33. The number of hydrogen-bond donors (Lipinski definition) is 2. The molecule has 0 aromatic carbocycles. The van der Waals surface area contributed by atoms with Crippen LogP contribution >= 0.6 is 23.5 Å². The number of aliphatic carboxylic acids is 1. The third-order valence-corrected chi connectivity index (χ3v) is 7.20. The van der Waals surface area contributed by atoms with Gasteiger partial charge in [-0.15, -0.1) is 16.9 Å². The highest BCUT2D eigenvalue weighted by Crippen LogP contribution is 2.43. The minimum Gasteiger partial charge on any atom is -0.481 e. The summed E-state index contributed by atoms with van der Waals surface area (Å²) >= 11 is 2.77. The topological polar surface area (TPSA) is 127 Å². The van der Waals surface area contributed by atoms with Gasteiger partial charge >= 0.3 is 5.97 Å². The number of β-lactam (4-membered cyclic amide) rings is 1. The number of amides is 1. The molecular formula is C13H20N6O3S2. The zero-order valence-electron chi connectivity index (χ0n) is 13.3. The Labute approximate surface area is 147 Å². The van der Waals surface area contributed by atoms with Crippen LogP contribution in [0.1, 0.15) is 19.8 Å². The summed E-state index contributed by atoms with van der Waals surface area (Å²) in [5.41, 5.74) is 4.75. The molecule has 0 aliphatic carbocycles. The van der Waals surface area contributed by atoms with Crippen molar-refractivity contribution in [3.8, 4) is 0 Å². The molecule has 3 atom stereocenters. The summed E-state index contributed by atoms with van der Waals surface area (Å²) in [6.07, 6.45) is 1.98. The molecule has 1 amide bonds. The smallest absolute Gasteiger partial charge is 0.313 e. The minimum atomic E-state index is -1.01. The third kappa shape index (κ3) is 3.00. The van der Waals surface area contributed by atoms with E-state index in [9.17, 15) is 14.7 Å². The van der Waals surface area contributed by atoms with Crippen molar-refractivity contribution in [3.63, 3.8) is 0 Å². The van der Waals surface area contributed by atoms with E-state index < -0.39 is 17.4 Å². The zero-order valence-corrected chi connectivity index (χ0v) is 14.9. The molecule has 3 N–H and O–H groups in total. The molecule has 0 bridgehead atoms. The molecule has 1 aromatic heterocycles. The van der Waals surface area contributed by atoms with E-state index in [4.69, 9.17) is 5.73 Å². The Morgan fingerprint density at radius 2 is 2.38 bits per heavy atom. The molecule has 2 unspecified atom stereocenters. The molecule has 3 heterocycles. The van der Waals surface area contributed by atoms with Gasteiger partial charge in [0.1, 0.15) is 16.8 Å². The number of aryl methyl sites for hydroxylation is 1. The lowest BCUT2D eigenvalue weighted by Gasteiger charge is -2.52. The number of carbonyl (C=O) groups excluding carboxylic acids is 1. The van der Waals surface area contributed by atoms with Crippen molar-refractivity contribution < 1.29 is 14.7 Å². The van der Waals surface area contributed by atoms with Crippen molar-refractivity contribution in [1.29, 1.82) is 0 Å². The number of nitrogens with two attached hydrogens (primary N) is 1. The first-order chi connectivity index (χ1) is 11.5. The molecule has 3 rings (SSSR count). The number of carbonyl (C=O) groups is 2. The summed E-state index contributed by atoms with van der Waals surface area (Å²) in [7, 11) is 0. The van der Waals surface area contributed by atoms with E-state index in [0.29, 0.717) is 23.2 Å². The van der Waals surface area contributed by atoms with E-state index >= 15 is 0 Å². The Kier molecular flexibility index (Phi) is 5.02. The standard InChI is InChI=1S/C13H20N6O3S2/c1-2-3-4-19-12(15-16-17-19)24-7-13(11(21)22)5-18-9(20)8(14)10(18)23-6-13/h8,10H,2-7,14H2,1H3,(H,21,22)/t8?,10-,13?/m1/s1. The first-order valence-electron chi connectivity index (χ1n) is 7.78. The highest BCUT2D eigenvalue weighted by molar-refractivity contribution is 8.00. The number of tetrazole rings is 1. The minimum absolute atomic E-state index is 0.0927. The number of fused-ring (bicyclic) bond motifs is 1. The molecule has 0 spiro atoms. The number of rotatable bonds is 7. The van der Waals surface area contributed by atoms with Crippen LogP contribution in [-0.2, 0) is 16.1 Å². The summed E-state index contributed by atoms with van der Waals surface area (Å²) in [6.45, 7) is 2.99. The SMILES string of the molecule is CCCCn1nnnc1SCC1(C(=O)O)CS[C@@H]2C(N)C(=O)N2C1. The molecule has 2 fully saturated rings. The molecule has 2 aliphatic heterocycles. The maximum atomic E-state index is 11.9. The predicted octanol–water partition coefficient (Wildman–Crippen LogP) is -0.121. The van der Waals surface area contributed by atoms with Gasteiger partial charge in [-0.2, -0.15) is 0 Å². The number of carboxylic acid groups (broad SMARTS) is 1. The van der Waals surface area contributed by atoms with E-state index in [1.54, 1.807) is 9.58 Å². The van der Waals surface area contributed by atoms with Crippen molar-refractivity contribution in [2.75, 3.05) is 18.1 Å². The zero-order chi connectivity index (χ0) is 17.3. The largest absolute Gasteiger partial charge is 0.481 e. The molecule has 132 valence electrons. The first kappa shape index (κ1) is 17.5. The summed E-state index contributed by atoms with van der Waals surface area (Å²) in [5.74, 6) is -0.334. The van der Waals surface area contributed by atoms with Gasteiger partial charge in [0.2, 0.25) is 11.1 Å². The van der Waals surface area contributed by atoms with Gasteiger partial charge in [-0.05, 0) is 16.8 Å². The molecule has 11 heteroatoms. The first-order valence-corrected chi connectivity index (χ1v) is 9.82. The fourth-order valence-electron chi connectivity index (χ4n) is 2.76. The fourth-order valence-corrected chi connectivity index (χ4v) is 5.47. The average Bonchev–Trinajstić information content (AvgIpc) is 3.04. The van der Waals surface area contributed by atoms with E-state index in [1.165, 1.54) is 23.5 Å². The maximum Gasteiger partial charge on any atom is 0.313 e. The Morgan fingerprint density at radius 3 is 3.08 bits per heavy atom. The van der Waals surface area contributed by atoms with Crippen molar-refractivity contribution in [3.05, 3.63) is 0 Å². The third-order valence-electron chi connectivity index (χ3n) is 4.34. The van der Waals surface area contributed by atoms with Crippen molar-refractivity contribution >= 4 is 35.4 Å². The van der Waals surface area contributed by atoms with Crippen LogP contribution in [-0.4, -0.2) is 71.6 Å². The van der Waals surface area contributed by atoms with E-state index in [1.807, 2.05) is 0 Å². The Bertz CT molecular complexity index is 641. The van der Waals surface area contributed by atoms with Gasteiger partial charge in [-0.3, -0.25) is 9.59 Å². The van der Waals surface area contributed by atoms with Crippen LogP contribution < -0.4 is 5.73 Å². The normalized spacial score (nSPS) is 29.2. The van der Waals surface area contributed by atoms with Gasteiger partial charge in [0.15, 0.2) is 0 Å². The lowest BCUT2D eigenvalue weighted by atomic mass is 9.89. The van der Waals surface area contributed by atoms with Gasteiger partial charge in [0.05, 0.1) is 0 Å². The quantitative estimate of drug-likeness (QED) is 0.497. The number of carboxylic acids is 1. The second kappa shape index (κ2) is 6.89. The van der Waals surface area contributed by atoms with Crippen molar-refractivity contribution in [2.24, 2.45) is 11.1 Å². The molecular weight excluding hydrogens is 352 g/mol. The molecule has 0 radical (unpaired) electrons. The number of hydrogen-bond acceptors (Lipinski definition) is 8. The lowest BCUT2D eigenvalue weighted by molar-refractivity contribution is -0.155. The highest BCUT2D eigenvalue weighted by Gasteiger charge is 2.55. The molecule has 9 nitrogen and oxygen atoms in total. The second-order valence-corrected chi connectivity index (χ2v) is 8.15. The molecule has 2 saturated heterocycles. The average molecular weight is 372 g/mol. The van der Waals surface area contributed by atoms with Crippen LogP contribution in [0.15, 0.2) is 5.16 Å². The maximum absolute atomic E-state index is 11.9. The Balaban J connectivity index is 1.68. The summed E-state index contributed by atoms with van der Waals surface area (Å²) in [4.78, 5) is 25.3. The lowest BCUT2D eigenvalue weighted by Crippen LogP contribution is -2.72. The van der Waals surface area contributed by atoms with Crippen LogP contribution in [0.3, 0.4) is 0 Å². The van der Waals surface area contributed by atoms with Crippen LogP contribution in [0, 0.1) is 5.41 Å². The molecule has 1 aromatic rings. The van der Waals surface area contributed by atoms with Crippen molar-refractivity contribution in [2.45, 2.75) is 42.9 Å². The number of unbranched alkanes of at least 4 members (excludes halogenated alkanes) is 1. The van der Waals surface area contributed by atoms with Crippen molar-refractivity contribution in [1.82, 2.24) is 25.1 Å². The molecule has 2 aliphatic rings. The van der Waals surface area contributed by atoms with Crippen LogP contribution in [0.5, 0.6) is 0 Å². The van der Waals surface area contributed by atoms with Gasteiger partial charge in [-0.1, -0.05) is 25.1 Å². The monoisotopic (exact) mass is 372 g/mol. The van der Waals surface area contributed by atoms with Gasteiger partial charge in [-0.25, -0.2) is 4.68 Å². The highest BCUT2D eigenvalue weighted by atomic mass is 32.2. The Morgan fingerprint density at radius 1 is 1.58 bits per heavy atom. The summed E-state index contributed by atoms with van der Waals surface area (Å²) in [5, 5.41) is 21.9. The second-order valence-electron chi connectivity index (χ2n) is 6.11. The fraction of sp³-hybridized carbons (Fsp3) is 0.769. The van der Waals surface area contributed by atoms with Gasteiger partial charge < -0.3 is 15.7 Å². The van der Waals surface area contributed by atoms with Crippen LogP contribution in [0.4, 0.5) is 0 Å². The van der Waals surface area contributed by atoms with Crippen LogP contribution in [0.25, 0.3) is 0 Å². The molecule has 0 saturated carbocycles. The number of aromatic nitrogens is 4. The predicted molar refractivity (Wildman–Crippen MR) is 89.5 cm³/mol. The van der Waals surface area contributed by atoms with E-state index in [-0.39, 0.29) is 17.8 Å². The number of nitrogens with zero attached hydrogens (tertiary/aromatic N) is 5. The van der Waals surface area contributed by atoms with Gasteiger partial charge in [0.25, 0.3) is 0 Å². The van der Waals surface area contributed by atoms with E-state index in [2.05, 4.69) is 22.4 Å². The van der Waals surface area contributed by atoms with Gasteiger partial charge in [0, 0.05) is 24.6 Å². The summed E-state index contributed by atoms with van der Waals surface area (Å²) in [6, 6.07) is -0.504. The molecule has 24 heavy (non-hydrogen) atoms. The van der Waals surface area contributed by atoms with Crippen LogP contribution in [0.2, 0.25) is 0 Å². The summed E-state index contributed by atoms with van der Waals surface area (Å²) < 4.78 is 1.70.